The normalized spacial score (nSPS) is 18.7. The van der Waals surface area contributed by atoms with Gasteiger partial charge < -0.3 is 10.2 Å². The molecular formula is C16H25N3. The molecule has 0 bridgehead atoms. The zero-order chi connectivity index (χ0) is 13.7. The number of guanidine groups is 1. The van der Waals surface area contributed by atoms with Crippen LogP contribution in [0.2, 0.25) is 0 Å². The number of likely N-dealkylation sites (tertiary alicyclic amines) is 1. The summed E-state index contributed by atoms with van der Waals surface area (Å²) in [5.74, 6) is 1.05. The Morgan fingerprint density at radius 1 is 1.32 bits per heavy atom. The van der Waals surface area contributed by atoms with Crippen molar-refractivity contribution in [2.24, 2.45) is 10.4 Å². The predicted octanol–water partition coefficient (Wildman–Crippen LogP) is 2.88. The van der Waals surface area contributed by atoms with Crippen LogP contribution in [-0.4, -0.2) is 30.5 Å². The van der Waals surface area contributed by atoms with Crippen molar-refractivity contribution in [1.82, 2.24) is 10.2 Å². The van der Waals surface area contributed by atoms with Crippen molar-refractivity contribution in [1.29, 1.82) is 0 Å². The van der Waals surface area contributed by atoms with Crippen LogP contribution < -0.4 is 5.32 Å². The highest BCUT2D eigenvalue weighted by Gasteiger charge is 2.30. The first-order valence-corrected chi connectivity index (χ1v) is 7.18. The molecule has 1 heterocycles. The minimum atomic E-state index is 0.406. The van der Waals surface area contributed by atoms with E-state index >= 15 is 0 Å². The molecule has 1 fully saturated rings. The van der Waals surface area contributed by atoms with Crippen LogP contribution in [0.25, 0.3) is 0 Å². The van der Waals surface area contributed by atoms with Crippen molar-refractivity contribution in [3.05, 3.63) is 35.9 Å². The summed E-state index contributed by atoms with van der Waals surface area (Å²) >= 11 is 0. The Balaban J connectivity index is 2.03. The highest BCUT2D eigenvalue weighted by molar-refractivity contribution is 5.80. The molecule has 0 unspecified atom stereocenters. The zero-order valence-corrected chi connectivity index (χ0v) is 12.3. The Bertz CT molecular complexity index is 423. The van der Waals surface area contributed by atoms with Gasteiger partial charge in [-0.25, -0.2) is 4.99 Å². The van der Waals surface area contributed by atoms with Gasteiger partial charge in [0.1, 0.15) is 0 Å². The second-order valence-electron chi connectivity index (χ2n) is 5.99. The monoisotopic (exact) mass is 259 g/mol. The molecule has 0 saturated carbocycles. The molecule has 3 heteroatoms. The zero-order valence-electron chi connectivity index (χ0n) is 12.3. The molecule has 1 aromatic carbocycles. The van der Waals surface area contributed by atoms with Gasteiger partial charge in [0.25, 0.3) is 0 Å². The summed E-state index contributed by atoms with van der Waals surface area (Å²) in [6.07, 6.45) is 1.24. The molecule has 0 amide bonds. The Morgan fingerprint density at radius 2 is 2.05 bits per heavy atom. The van der Waals surface area contributed by atoms with E-state index in [0.29, 0.717) is 5.41 Å². The molecule has 1 N–H and O–H groups in total. The summed E-state index contributed by atoms with van der Waals surface area (Å²) in [6.45, 7) is 10.6. The van der Waals surface area contributed by atoms with Crippen molar-refractivity contribution in [2.75, 3.05) is 19.6 Å². The second-order valence-corrected chi connectivity index (χ2v) is 5.99. The third-order valence-corrected chi connectivity index (χ3v) is 3.57. The smallest absolute Gasteiger partial charge is 0.194 e. The molecule has 1 aliphatic heterocycles. The molecule has 3 nitrogen and oxygen atoms in total. The molecule has 19 heavy (non-hydrogen) atoms. The van der Waals surface area contributed by atoms with E-state index in [9.17, 15) is 0 Å². The maximum Gasteiger partial charge on any atom is 0.194 e. The van der Waals surface area contributed by atoms with Crippen molar-refractivity contribution in [2.45, 2.75) is 33.7 Å². The highest BCUT2D eigenvalue weighted by Crippen LogP contribution is 2.28. The lowest BCUT2D eigenvalue weighted by atomic mass is 9.93. The standard InChI is InChI=1S/C16H25N3/c1-4-17-15(19-11-10-16(2,3)13-19)18-12-14-8-6-5-7-9-14/h5-9H,4,10-13H2,1-3H3,(H,17,18). The van der Waals surface area contributed by atoms with Crippen LogP contribution in [0.1, 0.15) is 32.8 Å². The lowest BCUT2D eigenvalue weighted by molar-refractivity contribution is 0.370. The SMILES string of the molecule is CCNC(=NCc1ccccc1)N1CCC(C)(C)C1. The molecule has 0 aromatic heterocycles. The third kappa shape index (κ3) is 3.98. The first-order valence-electron chi connectivity index (χ1n) is 7.18. The van der Waals surface area contributed by atoms with E-state index in [4.69, 9.17) is 4.99 Å². The number of benzene rings is 1. The average Bonchev–Trinajstić information content (AvgIpc) is 2.76. The number of hydrogen-bond acceptors (Lipinski definition) is 1. The van der Waals surface area contributed by atoms with Crippen LogP contribution in [0.15, 0.2) is 35.3 Å². The Kier molecular flexibility index (Phi) is 4.46. The topological polar surface area (TPSA) is 27.6 Å². The van der Waals surface area contributed by atoms with Gasteiger partial charge >= 0.3 is 0 Å². The number of hydrogen-bond donors (Lipinski definition) is 1. The van der Waals surface area contributed by atoms with E-state index in [2.05, 4.69) is 55.3 Å². The van der Waals surface area contributed by atoms with Gasteiger partial charge in [-0.1, -0.05) is 44.2 Å². The fourth-order valence-electron chi connectivity index (χ4n) is 2.47. The van der Waals surface area contributed by atoms with Gasteiger partial charge in [0, 0.05) is 19.6 Å². The Morgan fingerprint density at radius 3 is 2.63 bits per heavy atom. The van der Waals surface area contributed by atoms with Gasteiger partial charge in [0.2, 0.25) is 0 Å². The fourth-order valence-corrected chi connectivity index (χ4v) is 2.47. The molecule has 1 saturated heterocycles. The van der Waals surface area contributed by atoms with Crippen LogP contribution in [0.3, 0.4) is 0 Å². The first-order chi connectivity index (χ1) is 9.11. The molecule has 0 radical (unpaired) electrons. The van der Waals surface area contributed by atoms with Gasteiger partial charge in [0.05, 0.1) is 6.54 Å². The quantitative estimate of drug-likeness (QED) is 0.667. The van der Waals surface area contributed by atoms with Gasteiger partial charge in [-0.05, 0) is 24.3 Å². The Labute approximate surface area is 116 Å². The number of nitrogens with one attached hydrogen (secondary N) is 1. The maximum atomic E-state index is 4.76. The van der Waals surface area contributed by atoms with Crippen LogP contribution in [0, 0.1) is 5.41 Å². The number of aliphatic imine (C=N–C) groups is 1. The number of rotatable bonds is 3. The fraction of sp³-hybridized carbons (Fsp3) is 0.562. The molecule has 0 aliphatic carbocycles. The number of nitrogens with zero attached hydrogens (tertiary/aromatic N) is 2. The molecule has 1 aromatic rings. The van der Waals surface area contributed by atoms with Crippen LogP contribution in [0.4, 0.5) is 0 Å². The minimum absolute atomic E-state index is 0.406. The maximum absolute atomic E-state index is 4.76. The average molecular weight is 259 g/mol. The van der Waals surface area contributed by atoms with Crippen molar-refractivity contribution in [3.8, 4) is 0 Å². The van der Waals surface area contributed by atoms with Gasteiger partial charge in [-0.15, -0.1) is 0 Å². The van der Waals surface area contributed by atoms with E-state index in [0.717, 1.165) is 32.1 Å². The van der Waals surface area contributed by atoms with E-state index in [1.54, 1.807) is 0 Å². The largest absolute Gasteiger partial charge is 0.357 e. The van der Waals surface area contributed by atoms with E-state index in [1.165, 1.54) is 12.0 Å². The van der Waals surface area contributed by atoms with Crippen LogP contribution >= 0.6 is 0 Å². The summed E-state index contributed by atoms with van der Waals surface area (Å²) in [7, 11) is 0. The van der Waals surface area contributed by atoms with Crippen molar-refractivity contribution < 1.29 is 0 Å². The van der Waals surface area contributed by atoms with Crippen LogP contribution in [-0.2, 0) is 6.54 Å². The minimum Gasteiger partial charge on any atom is -0.357 e. The molecule has 0 spiro atoms. The highest BCUT2D eigenvalue weighted by atomic mass is 15.3. The van der Waals surface area contributed by atoms with E-state index in [1.807, 2.05) is 6.07 Å². The summed E-state index contributed by atoms with van der Waals surface area (Å²) in [5.41, 5.74) is 1.67. The molecular weight excluding hydrogens is 234 g/mol. The van der Waals surface area contributed by atoms with E-state index in [-0.39, 0.29) is 0 Å². The molecule has 104 valence electrons. The van der Waals surface area contributed by atoms with Gasteiger partial charge in [-0.2, -0.15) is 0 Å². The van der Waals surface area contributed by atoms with Crippen molar-refractivity contribution >= 4 is 5.96 Å². The third-order valence-electron chi connectivity index (χ3n) is 3.57. The molecule has 2 rings (SSSR count). The second kappa shape index (κ2) is 6.09. The summed E-state index contributed by atoms with van der Waals surface area (Å²) in [4.78, 5) is 7.14. The summed E-state index contributed by atoms with van der Waals surface area (Å²) < 4.78 is 0. The summed E-state index contributed by atoms with van der Waals surface area (Å²) in [6, 6.07) is 10.4. The van der Waals surface area contributed by atoms with Gasteiger partial charge in [-0.3, -0.25) is 0 Å². The summed E-state index contributed by atoms with van der Waals surface area (Å²) in [5, 5.41) is 3.41. The lowest BCUT2D eigenvalue weighted by Crippen LogP contribution is -2.40. The van der Waals surface area contributed by atoms with E-state index < -0.39 is 0 Å². The molecule has 1 aliphatic rings. The first kappa shape index (κ1) is 13.9. The van der Waals surface area contributed by atoms with Gasteiger partial charge in [0.15, 0.2) is 5.96 Å². The predicted molar refractivity (Wildman–Crippen MR) is 81.2 cm³/mol. The molecule has 0 atom stereocenters. The van der Waals surface area contributed by atoms with Crippen molar-refractivity contribution in [3.63, 3.8) is 0 Å². The Hall–Kier alpha value is -1.51. The lowest BCUT2D eigenvalue weighted by Gasteiger charge is -2.23. The van der Waals surface area contributed by atoms with Crippen LogP contribution in [0.5, 0.6) is 0 Å².